The third-order valence-electron chi connectivity index (χ3n) is 2.87. The Morgan fingerprint density at radius 2 is 2.26 bits per heavy atom. The smallest absolute Gasteiger partial charge is 0.248 e. The van der Waals surface area contributed by atoms with E-state index < -0.39 is 5.91 Å². The standard InChI is InChI=1S/C14H21FN2OS/c1-3-19-7-6-10(2)17-9-12-8-11(14(16)18)4-5-13(12)15/h4-5,8,10,17H,3,6-7,9H2,1-2H3,(H2,16,18). The summed E-state index contributed by atoms with van der Waals surface area (Å²) < 4.78 is 13.6. The summed E-state index contributed by atoms with van der Waals surface area (Å²) in [7, 11) is 0. The average molecular weight is 284 g/mol. The zero-order valence-electron chi connectivity index (χ0n) is 11.4. The number of nitrogens with one attached hydrogen (secondary N) is 1. The van der Waals surface area contributed by atoms with Crippen molar-refractivity contribution in [2.24, 2.45) is 5.73 Å². The maximum absolute atomic E-state index is 13.6. The third-order valence-corrected chi connectivity index (χ3v) is 3.80. The van der Waals surface area contributed by atoms with Gasteiger partial charge in [-0.3, -0.25) is 4.79 Å². The summed E-state index contributed by atoms with van der Waals surface area (Å²) in [6, 6.07) is 4.52. The maximum atomic E-state index is 13.6. The number of nitrogens with two attached hydrogens (primary N) is 1. The fourth-order valence-corrected chi connectivity index (χ4v) is 2.46. The Balaban J connectivity index is 2.52. The molecule has 19 heavy (non-hydrogen) atoms. The molecule has 0 heterocycles. The Labute approximate surface area is 118 Å². The molecule has 1 amide bonds. The number of hydrogen-bond donors (Lipinski definition) is 2. The van der Waals surface area contributed by atoms with Crippen molar-refractivity contribution in [3.63, 3.8) is 0 Å². The topological polar surface area (TPSA) is 55.1 Å². The van der Waals surface area contributed by atoms with E-state index in [1.54, 1.807) is 0 Å². The first-order valence-corrected chi connectivity index (χ1v) is 7.59. The van der Waals surface area contributed by atoms with Crippen LogP contribution in [0.5, 0.6) is 0 Å². The molecule has 3 nitrogen and oxygen atoms in total. The van der Waals surface area contributed by atoms with Crippen LogP contribution in [0.4, 0.5) is 4.39 Å². The summed E-state index contributed by atoms with van der Waals surface area (Å²) in [5, 5.41) is 3.26. The molecule has 1 unspecified atom stereocenters. The second-order valence-corrected chi connectivity index (χ2v) is 5.83. The molecule has 1 aromatic carbocycles. The van der Waals surface area contributed by atoms with E-state index in [0.717, 1.165) is 17.9 Å². The van der Waals surface area contributed by atoms with Crippen LogP contribution in [0.2, 0.25) is 0 Å². The molecule has 0 radical (unpaired) electrons. The zero-order chi connectivity index (χ0) is 14.3. The second kappa shape index (κ2) is 8.17. The minimum atomic E-state index is -0.534. The number of carbonyl (C=O) groups is 1. The van der Waals surface area contributed by atoms with Gasteiger partial charge in [0.25, 0.3) is 0 Å². The summed E-state index contributed by atoms with van der Waals surface area (Å²) in [5.74, 6) is 1.36. The van der Waals surface area contributed by atoms with Gasteiger partial charge in [-0.1, -0.05) is 6.92 Å². The molecule has 0 aliphatic rings. The number of primary amides is 1. The SMILES string of the molecule is CCSCCC(C)NCc1cc(C(N)=O)ccc1F. The average Bonchev–Trinajstić information content (AvgIpc) is 2.37. The molecular weight excluding hydrogens is 263 g/mol. The fourth-order valence-electron chi connectivity index (χ4n) is 1.65. The molecule has 106 valence electrons. The van der Waals surface area contributed by atoms with Crippen molar-refractivity contribution >= 4 is 17.7 Å². The minimum absolute atomic E-state index is 0.312. The van der Waals surface area contributed by atoms with Gasteiger partial charge in [-0.25, -0.2) is 4.39 Å². The number of carbonyl (C=O) groups excluding carboxylic acids is 1. The monoisotopic (exact) mass is 284 g/mol. The van der Waals surface area contributed by atoms with Crippen LogP contribution in [-0.2, 0) is 6.54 Å². The number of halogens is 1. The van der Waals surface area contributed by atoms with Gasteiger partial charge in [0.05, 0.1) is 0 Å². The lowest BCUT2D eigenvalue weighted by Crippen LogP contribution is -2.26. The van der Waals surface area contributed by atoms with E-state index in [1.807, 2.05) is 11.8 Å². The van der Waals surface area contributed by atoms with Gasteiger partial charge in [0.15, 0.2) is 0 Å². The van der Waals surface area contributed by atoms with Gasteiger partial charge in [-0.05, 0) is 43.0 Å². The summed E-state index contributed by atoms with van der Waals surface area (Å²) in [6.45, 7) is 4.62. The highest BCUT2D eigenvalue weighted by atomic mass is 32.2. The number of benzene rings is 1. The first-order chi connectivity index (χ1) is 9.04. The second-order valence-electron chi connectivity index (χ2n) is 4.44. The molecular formula is C14H21FN2OS. The first kappa shape index (κ1) is 16.0. The number of hydrogen-bond acceptors (Lipinski definition) is 3. The lowest BCUT2D eigenvalue weighted by molar-refractivity contribution is 0.1000. The van der Waals surface area contributed by atoms with Gasteiger partial charge in [0.1, 0.15) is 5.82 Å². The van der Waals surface area contributed by atoms with Crippen molar-refractivity contribution in [1.82, 2.24) is 5.32 Å². The van der Waals surface area contributed by atoms with Gasteiger partial charge >= 0.3 is 0 Å². The predicted octanol–water partition coefficient (Wildman–Crippen LogP) is 2.55. The molecule has 1 atom stereocenters. The van der Waals surface area contributed by atoms with Crippen LogP contribution >= 0.6 is 11.8 Å². The number of amides is 1. The minimum Gasteiger partial charge on any atom is -0.366 e. The van der Waals surface area contributed by atoms with Gasteiger partial charge in [0, 0.05) is 23.7 Å². The zero-order valence-corrected chi connectivity index (χ0v) is 12.2. The molecule has 0 aliphatic carbocycles. The van der Waals surface area contributed by atoms with Crippen LogP contribution in [0, 0.1) is 5.82 Å². The highest BCUT2D eigenvalue weighted by molar-refractivity contribution is 7.99. The molecule has 1 rings (SSSR count). The van der Waals surface area contributed by atoms with Gasteiger partial charge in [0.2, 0.25) is 5.91 Å². The van der Waals surface area contributed by atoms with Gasteiger partial charge in [-0.2, -0.15) is 11.8 Å². The van der Waals surface area contributed by atoms with Crippen molar-refractivity contribution in [2.75, 3.05) is 11.5 Å². The lowest BCUT2D eigenvalue weighted by atomic mass is 10.1. The van der Waals surface area contributed by atoms with Crippen molar-refractivity contribution in [3.05, 3.63) is 35.1 Å². The van der Waals surface area contributed by atoms with E-state index in [4.69, 9.17) is 5.73 Å². The molecule has 5 heteroatoms. The Morgan fingerprint density at radius 1 is 1.53 bits per heavy atom. The van der Waals surface area contributed by atoms with E-state index in [1.165, 1.54) is 18.2 Å². The Bertz CT molecular complexity index is 426. The summed E-state index contributed by atoms with van der Waals surface area (Å²) in [5.41, 5.74) is 6.00. The largest absolute Gasteiger partial charge is 0.366 e. The third kappa shape index (κ3) is 5.61. The van der Waals surface area contributed by atoms with Crippen LogP contribution in [0.3, 0.4) is 0 Å². The van der Waals surface area contributed by atoms with Crippen LogP contribution in [-0.4, -0.2) is 23.5 Å². The highest BCUT2D eigenvalue weighted by Gasteiger charge is 2.08. The first-order valence-electron chi connectivity index (χ1n) is 6.44. The van der Waals surface area contributed by atoms with E-state index in [9.17, 15) is 9.18 Å². The molecule has 0 aromatic heterocycles. The molecule has 0 bridgehead atoms. The quantitative estimate of drug-likeness (QED) is 0.721. The van der Waals surface area contributed by atoms with E-state index in [0.29, 0.717) is 23.7 Å². The summed E-state index contributed by atoms with van der Waals surface area (Å²) in [6.07, 6.45) is 1.04. The van der Waals surface area contributed by atoms with Crippen molar-refractivity contribution in [3.8, 4) is 0 Å². The summed E-state index contributed by atoms with van der Waals surface area (Å²) in [4.78, 5) is 11.1. The van der Waals surface area contributed by atoms with Gasteiger partial charge < -0.3 is 11.1 Å². The Kier molecular flexibility index (Phi) is 6.87. The number of thioether (sulfide) groups is 1. The van der Waals surface area contributed by atoms with E-state index in [2.05, 4.69) is 19.2 Å². The number of rotatable bonds is 8. The van der Waals surface area contributed by atoms with E-state index in [-0.39, 0.29) is 5.82 Å². The highest BCUT2D eigenvalue weighted by Crippen LogP contribution is 2.11. The van der Waals surface area contributed by atoms with Crippen LogP contribution in [0.1, 0.15) is 36.2 Å². The molecule has 0 aliphatic heterocycles. The molecule has 0 saturated heterocycles. The molecule has 1 aromatic rings. The van der Waals surface area contributed by atoms with Crippen molar-refractivity contribution in [1.29, 1.82) is 0 Å². The Morgan fingerprint density at radius 3 is 2.89 bits per heavy atom. The maximum Gasteiger partial charge on any atom is 0.248 e. The van der Waals surface area contributed by atoms with Gasteiger partial charge in [-0.15, -0.1) is 0 Å². The van der Waals surface area contributed by atoms with Crippen LogP contribution in [0.15, 0.2) is 18.2 Å². The molecule has 0 fully saturated rings. The van der Waals surface area contributed by atoms with Crippen molar-refractivity contribution in [2.45, 2.75) is 32.9 Å². The molecule has 0 saturated carbocycles. The Hall–Kier alpha value is -1.07. The fraction of sp³-hybridized carbons (Fsp3) is 0.500. The summed E-state index contributed by atoms with van der Waals surface area (Å²) >= 11 is 1.89. The van der Waals surface area contributed by atoms with E-state index >= 15 is 0 Å². The molecule has 0 spiro atoms. The lowest BCUT2D eigenvalue weighted by Gasteiger charge is -2.14. The van der Waals surface area contributed by atoms with Crippen LogP contribution in [0.25, 0.3) is 0 Å². The van der Waals surface area contributed by atoms with Crippen molar-refractivity contribution < 1.29 is 9.18 Å². The van der Waals surface area contributed by atoms with Crippen LogP contribution < -0.4 is 11.1 Å². The normalized spacial score (nSPS) is 12.4. The molecule has 3 N–H and O–H groups in total. The predicted molar refractivity (Wildman–Crippen MR) is 78.8 cm³/mol.